The third kappa shape index (κ3) is 3.95. The highest BCUT2D eigenvalue weighted by molar-refractivity contribution is 6.06. The second-order valence-corrected chi connectivity index (χ2v) is 15.7. The number of hydrogen-bond acceptors (Lipinski definition) is 9. The van der Waals surface area contributed by atoms with Crippen molar-refractivity contribution in [1.29, 1.82) is 0 Å². The zero-order valence-electron chi connectivity index (χ0n) is 28.7. The van der Waals surface area contributed by atoms with Crippen molar-refractivity contribution < 1.29 is 38.5 Å². The number of phenolic OH excluding ortho intramolecular Hbond substituents is 2. The zero-order valence-corrected chi connectivity index (χ0v) is 28.7. The molecule has 1 spiro atoms. The van der Waals surface area contributed by atoms with Crippen molar-refractivity contribution in [2.75, 3.05) is 0 Å². The fourth-order valence-electron chi connectivity index (χ4n) is 10.8. The van der Waals surface area contributed by atoms with Crippen molar-refractivity contribution in [3.8, 4) is 22.8 Å². The molecule has 3 heterocycles. The maximum atomic E-state index is 14.0. The molecule has 2 saturated carbocycles. The molecule has 1 saturated heterocycles. The van der Waals surface area contributed by atoms with Crippen LogP contribution in [0, 0.1) is 27.6 Å². The van der Waals surface area contributed by atoms with Crippen molar-refractivity contribution in [1.82, 2.24) is 0 Å². The molecular formula is C41H40O9. The van der Waals surface area contributed by atoms with Crippen LogP contribution in [0.4, 0.5) is 0 Å². The van der Waals surface area contributed by atoms with E-state index < -0.39 is 21.8 Å². The van der Waals surface area contributed by atoms with Crippen molar-refractivity contribution in [2.45, 2.75) is 71.5 Å². The van der Waals surface area contributed by atoms with Crippen LogP contribution in [0.1, 0.15) is 65.4 Å². The number of aliphatic hydroxyl groups excluding tert-OH is 1. The number of aromatic hydroxyl groups is 2. The van der Waals surface area contributed by atoms with Crippen LogP contribution in [-0.4, -0.2) is 38.6 Å². The maximum Gasteiger partial charge on any atom is 0.206 e. The van der Waals surface area contributed by atoms with E-state index in [1.807, 2.05) is 69.5 Å². The fourth-order valence-corrected chi connectivity index (χ4v) is 10.8. The summed E-state index contributed by atoms with van der Waals surface area (Å²) in [5.74, 6) is -0.363. The number of carbonyl (C=O) groups is 2. The lowest BCUT2D eigenvalue weighted by molar-refractivity contribution is -0.162. The van der Waals surface area contributed by atoms with Crippen LogP contribution < -0.4 is 5.43 Å². The van der Waals surface area contributed by atoms with Crippen molar-refractivity contribution in [2.24, 2.45) is 27.6 Å². The van der Waals surface area contributed by atoms with Crippen LogP contribution in [0.3, 0.4) is 0 Å². The number of allylic oxidation sites excluding steroid dienone is 4. The van der Waals surface area contributed by atoms with Gasteiger partial charge in [0.2, 0.25) is 5.78 Å². The molecule has 3 fully saturated rings. The number of Topliss-reactive ketones (excluding diaryl/α,β-unsaturated/α-hetero) is 1. The number of fused-ring (bicyclic) bond motifs is 4. The van der Waals surface area contributed by atoms with Gasteiger partial charge in [-0.05, 0) is 75.1 Å². The summed E-state index contributed by atoms with van der Waals surface area (Å²) >= 11 is 0. The molecule has 1 aliphatic heterocycles. The molecule has 258 valence electrons. The van der Waals surface area contributed by atoms with E-state index in [1.54, 1.807) is 12.3 Å². The Kier molecular flexibility index (Phi) is 6.67. The number of furan rings is 1. The molecular weight excluding hydrogens is 636 g/mol. The van der Waals surface area contributed by atoms with Gasteiger partial charge in [-0.1, -0.05) is 50.3 Å². The average Bonchev–Trinajstić information content (AvgIpc) is 3.42. The number of carbonyl (C=O) groups excluding carboxylic acids is 2. The standard InChI is InChI=1S/C26H30O5.C15H10O4/c1-22(2)17(27)7-9-23(3)16-6-10-24(4)15(14-8-11-30-13-14)12-18-26(24,31-18)25(16,5)21(29)19(28)20(22)23;16-10-6-11(17)15-12(18)8-13(19-14(15)7-10)9-4-2-1-3-5-9/h7-9,11,13,15-16,18,28H,6,10,12H2,1-5H3;1-8,16-17H. The summed E-state index contributed by atoms with van der Waals surface area (Å²) in [5, 5.41) is 30.5. The highest BCUT2D eigenvalue weighted by Gasteiger charge is 2.87. The minimum Gasteiger partial charge on any atom is -0.508 e. The molecule has 4 aromatic rings. The summed E-state index contributed by atoms with van der Waals surface area (Å²) in [5.41, 5.74) is -0.839. The molecule has 5 aliphatic rings. The Morgan fingerprint density at radius 1 is 0.900 bits per heavy atom. The summed E-state index contributed by atoms with van der Waals surface area (Å²) in [6.07, 6.45) is 9.76. The molecule has 7 unspecified atom stereocenters. The predicted octanol–water partition coefficient (Wildman–Crippen LogP) is 7.76. The second kappa shape index (κ2) is 10.3. The molecule has 0 bridgehead atoms. The zero-order chi connectivity index (χ0) is 35.6. The predicted molar refractivity (Wildman–Crippen MR) is 185 cm³/mol. The van der Waals surface area contributed by atoms with E-state index in [2.05, 4.69) is 13.8 Å². The number of rotatable bonds is 2. The molecule has 0 amide bonds. The quantitative estimate of drug-likeness (QED) is 0.181. The Bertz CT molecular complexity index is 2210. The number of phenols is 2. The first-order valence-corrected chi connectivity index (χ1v) is 17.1. The van der Waals surface area contributed by atoms with Gasteiger partial charge in [0.25, 0.3) is 0 Å². The summed E-state index contributed by atoms with van der Waals surface area (Å²) in [7, 11) is 0. The lowest BCUT2D eigenvalue weighted by atomic mass is 9.39. The third-order valence-corrected chi connectivity index (χ3v) is 13.0. The van der Waals surface area contributed by atoms with Gasteiger partial charge in [-0.25, -0.2) is 0 Å². The van der Waals surface area contributed by atoms with E-state index in [0.29, 0.717) is 11.3 Å². The van der Waals surface area contributed by atoms with Gasteiger partial charge >= 0.3 is 0 Å². The molecule has 50 heavy (non-hydrogen) atoms. The lowest BCUT2D eigenvalue weighted by Gasteiger charge is -2.62. The first kappa shape index (κ1) is 32.3. The van der Waals surface area contributed by atoms with E-state index in [4.69, 9.17) is 13.6 Å². The van der Waals surface area contributed by atoms with Crippen LogP contribution >= 0.6 is 0 Å². The Balaban J connectivity index is 0.000000163. The van der Waals surface area contributed by atoms with Crippen LogP contribution in [0.15, 0.2) is 104 Å². The van der Waals surface area contributed by atoms with Gasteiger partial charge in [0.1, 0.15) is 33.8 Å². The molecule has 9 heteroatoms. The second-order valence-electron chi connectivity index (χ2n) is 15.7. The molecule has 2 aromatic heterocycles. The first-order valence-electron chi connectivity index (χ1n) is 17.1. The molecule has 4 aliphatic carbocycles. The Hall–Kier alpha value is -4.89. The fraction of sp³-hybridized carbons (Fsp3) is 0.390. The minimum absolute atomic E-state index is 0.00527. The first-order chi connectivity index (χ1) is 23.6. The van der Waals surface area contributed by atoms with E-state index in [1.165, 1.54) is 17.7 Å². The highest BCUT2D eigenvalue weighted by atomic mass is 16.6. The topological polar surface area (TPSA) is 151 Å². The number of ether oxygens (including phenoxy) is 1. The summed E-state index contributed by atoms with van der Waals surface area (Å²) < 4.78 is 17.5. The maximum absolute atomic E-state index is 14.0. The van der Waals surface area contributed by atoms with Gasteiger partial charge in [0.05, 0.1) is 29.5 Å². The average molecular weight is 677 g/mol. The molecule has 9 rings (SSSR count). The SMILES string of the molecule is CC1(C)C(=O)C=CC2(C)C1=C(O)C(=O)C1(C)C2CCC2(C)C(c3ccoc3)CC3OC321.O=c1cc(-c2ccccc2)oc2cc(O)cc(O)c12. The van der Waals surface area contributed by atoms with Gasteiger partial charge in [0, 0.05) is 34.6 Å². The number of epoxide rings is 1. The summed E-state index contributed by atoms with van der Waals surface area (Å²) in [6, 6.07) is 14.9. The van der Waals surface area contributed by atoms with Crippen LogP contribution in [-0.2, 0) is 14.3 Å². The Morgan fingerprint density at radius 3 is 2.34 bits per heavy atom. The van der Waals surface area contributed by atoms with Crippen LogP contribution in [0.5, 0.6) is 11.5 Å². The Labute approximate surface area is 288 Å². The summed E-state index contributed by atoms with van der Waals surface area (Å²) in [6.45, 7) is 10.0. The van der Waals surface area contributed by atoms with Gasteiger partial charge in [-0.15, -0.1) is 0 Å². The lowest BCUT2D eigenvalue weighted by Crippen LogP contribution is -2.66. The van der Waals surface area contributed by atoms with E-state index in [0.717, 1.165) is 30.9 Å². The summed E-state index contributed by atoms with van der Waals surface area (Å²) in [4.78, 5) is 38.8. The van der Waals surface area contributed by atoms with E-state index >= 15 is 0 Å². The van der Waals surface area contributed by atoms with E-state index in [9.17, 15) is 29.7 Å². The largest absolute Gasteiger partial charge is 0.508 e. The smallest absolute Gasteiger partial charge is 0.206 e. The molecule has 2 aromatic carbocycles. The van der Waals surface area contributed by atoms with Crippen LogP contribution in [0.2, 0.25) is 0 Å². The van der Waals surface area contributed by atoms with E-state index in [-0.39, 0.29) is 68.6 Å². The van der Waals surface area contributed by atoms with Crippen molar-refractivity contribution in [3.05, 3.63) is 106 Å². The van der Waals surface area contributed by atoms with Gasteiger partial charge < -0.3 is 28.9 Å². The Morgan fingerprint density at radius 2 is 1.64 bits per heavy atom. The molecule has 3 N–H and O–H groups in total. The van der Waals surface area contributed by atoms with Gasteiger partial charge in [0.15, 0.2) is 17.0 Å². The number of ketones is 2. The molecule has 0 radical (unpaired) electrons. The van der Waals surface area contributed by atoms with Crippen molar-refractivity contribution >= 4 is 22.5 Å². The monoisotopic (exact) mass is 676 g/mol. The van der Waals surface area contributed by atoms with Gasteiger partial charge in [-0.2, -0.15) is 0 Å². The number of hydrogen-bond donors (Lipinski definition) is 3. The molecule has 9 nitrogen and oxygen atoms in total. The third-order valence-electron chi connectivity index (χ3n) is 13.0. The minimum atomic E-state index is -0.901. The highest BCUT2D eigenvalue weighted by Crippen LogP contribution is 2.81. The number of benzene rings is 2. The van der Waals surface area contributed by atoms with Gasteiger partial charge in [-0.3, -0.25) is 14.4 Å². The normalized spacial score (nSPS) is 34.7. The number of aliphatic hydroxyl groups is 1. The molecule has 7 atom stereocenters. The van der Waals surface area contributed by atoms with Crippen LogP contribution in [0.25, 0.3) is 22.3 Å². The van der Waals surface area contributed by atoms with Crippen molar-refractivity contribution in [3.63, 3.8) is 0 Å².